The van der Waals surface area contributed by atoms with E-state index in [9.17, 15) is 9.18 Å². The van der Waals surface area contributed by atoms with Gasteiger partial charge in [-0.1, -0.05) is 49.9 Å². The second-order valence-electron chi connectivity index (χ2n) is 8.17. The number of nitrogens with one attached hydrogen (secondary N) is 1. The fourth-order valence-corrected chi connectivity index (χ4v) is 5.01. The molecule has 0 bridgehead atoms. The number of benzene rings is 1. The van der Waals surface area contributed by atoms with Crippen LogP contribution in [0.3, 0.4) is 0 Å². The van der Waals surface area contributed by atoms with Gasteiger partial charge in [0.05, 0.1) is 16.1 Å². The molecule has 2 saturated carbocycles. The van der Waals surface area contributed by atoms with Crippen LogP contribution in [-0.2, 0) is 4.79 Å². The third-order valence-electron chi connectivity index (χ3n) is 6.16. The molecule has 2 aliphatic rings. The van der Waals surface area contributed by atoms with Crippen molar-refractivity contribution in [3.8, 4) is 0 Å². The fraction of sp³-hybridized carbons (Fsp3) is 0.650. The van der Waals surface area contributed by atoms with Gasteiger partial charge in [0.2, 0.25) is 5.91 Å². The Kier molecular flexibility index (Phi) is 5.65. The normalized spacial score (nSPS) is 26.6. The lowest BCUT2D eigenvalue weighted by Gasteiger charge is -2.36. The van der Waals surface area contributed by atoms with Crippen molar-refractivity contribution in [2.24, 2.45) is 17.3 Å². The second-order valence-corrected chi connectivity index (χ2v) is 8.96. The minimum absolute atomic E-state index is 0.0172. The van der Waals surface area contributed by atoms with Gasteiger partial charge in [0.25, 0.3) is 0 Å². The van der Waals surface area contributed by atoms with E-state index in [-0.39, 0.29) is 22.3 Å². The summed E-state index contributed by atoms with van der Waals surface area (Å²) in [6, 6.07) is 2.38. The lowest BCUT2D eigenvalue weighted by Crippen LogP contribution is -2.41. The van der Waals surface area contributed by atoms with E-state index >= 15 is 0 Å². The van der Waals surface area contributed by atoms with Gasteiger partial charge in [-0.3, -0.25) is 4.79 Å². The largest absolute Gasteiger partial charge is 0.348 e. The maximum atomic E-state index is 14.7. The van der Waals surface area contributed by atoms with E-state index in [1.54, 1.807) is 0 Å². The van der Waals surface area contributed by atoms with Crippen LogP contribution in [0.5, 0.6) is 0 Å². The zero-order valence-electron chi connectivity index (χ0n) is 14.9. The van der Waals surface area contributed by atoms with Gasteiger partial charge in [0.15, 0.2) is 0 Å². The van der Waals surface area contributed by atoms with Crippen molar-refractivity contribution in [2.45, 2.75) is 64.8 Å². The smallest absolute Gasteiger partial charge is 0.223 e. The van der Waals surface area contributed by atoms with Gasteiger partial charge < -0.3 is 5.32 Å². The number of hydrogen-bond acceptors (Lipinski definition) is 1. The molecule has 0 radical (unpaired) electrons. The second kappa shape index (κ2) is 7.44. The van der Waals surface area contributed by atoms with Crippen LogP contribution in [0.1, 0.15) is 70.4 Å². The topological polar surface area (TPSA) is 29.1 Å². The molecule has 5 heteroatoms. The van der Waals surface area contributed by atoms with E-state index in [2.05, 4.69) is 19.2 Å². The Morgan fingerprint density at radius 2 is 1.96 bits per heavy atom. The Morgan fingerprint density at radius 3 is 2.56 bits per heavy atom. The summed E-state index contributed by atoms with van der Waals surface area (Å²) in [5.41, 5.74) is 0.146. The third-order valence-corrected chi connectivity index (χ3v) is 6.98. The lowest BCUT2D eigenvalue weighted by molar-refractivity contribution is -0.126. The van der Waals surface area contributed by atoms with Crippen LogP contribution < -0.4 is 5.32 Å². The molecule has 0 aliphatic heterocycles. The number of rotatable bonds is 4. The van der Waals surface area contributed by atoms with Crippen LogP contribution in [0.2, 0.25) is 10.0 Å². The van der Waals surface area contributed by atoms with E-state index in [0.717, 1.165) is 44.9 Å². The van der Waals surface area contributed by atoms with Crippen molar-refractivity contribution >= 4 is 29.1 Å². The predicted octanol–water partition coefficient (Wildman–Crippen LogP) is 6.31. The van der Waals surface area contributed by atoms with E-state index < -0.39 is 11.9 Å². The third kappa shape index (κ3) is 3.83. The summed E-state index contributed by atoms with van der Waals surface area (Å²) in [6.45, 7) is 4.30. The van der Waals surface area contributed by atoms with Crippen LogP contribution in [0, 0.1) is 23.1 Å². The molecule has 1 N–H and O–H groups in total. The number of amides is 1. The molecular weight excluding hydrogens is 360 g/mol. The molecule has 138 valence electrons. The van der Waals surface area contributed by atoms with Gasteiger partial charge in [-0.25, -0.2) is 4.39 Å². The Bertz CT molecular complexity index is 657. The standard InChI is InChI=1S/C20H26Cl2FNO/c1-12-5-6-13(11-12)19(25)24-18(20(2)9-3-4-10-20)16-15(23)8-7-14(21)17(16)22/h7-8,12-13,18H,3-6,9-11H2,1-2H3,(H,24,25)/t12-,13?,18-/m1/s1. The maximum absolute atomic E-state index is 14.7. The van der Waals surface area contributed by atoms with Crippen molar-refractivity contribution in [3.63, 3.8) is 0 Å². The Balaban J connectivity index is 1.94. The van der Waals surface area contributed by atoms with Crippen LogP contribution in [0.25, 0.3) is 0 Å². The monoisotopic (exact) mass is 385 g/mol. The highest BCUT2D eigenvalue weighted by molar-refractivity contribution is 6.42. The van der Waals surface area contributed by atoms with Crippen molar-refractivity contribution in [2.75, 3.05) is 0 Å². The summed E-state index contributed by atoms with van der Waals surface area (Å²) in [5.74, 6) is 0.219. The predicted molar refractivity (Wildman–Crippen MR) is 100 cm³/mol. The molecule has 1 amide bonds. The molecule has 3 rings (SSSR count). The van der Waals surface area contributed by atoms with E-state index in [1.807, 2.05) is 0 Å². The first kappa shape index (κ1) is 19.0. The number of carbonyl (C=O) groups is 1. The van der Waals surface area contributed by atoms with E-state index in [4.69, 9.17) is 23.2 Å². The highest BCUT2D eigenvalue weighted by Gasteiger charge is 2.42. The zero-order chi connectivity index (χ0) is 18.2. The number of halogens is 3. The van der Waals surface area contributed by atoms with Crippen molar-refractivity contribution in [1.82, 2.24) is 5.32 Å². The van der Waals surface area contributed by atoms with Gasteiger partial charge in [-0.2, -0.15) is 0 Å². The molecule has 2 aliphatic carbocycles. The van der Waals surface area contributed by atoms with Crippen LogP contribution >= 0.6 is 23.2 Å². The molecule has 0 saturated heterocycles. The van der Waals surface area contributed by atoms with Gasteiger partial charge >= 0.3 is 0 Å². The van der Waals surface area contributed by atoms with Crippen molar-refractivity contribution in [3.05, 3.63) is 33.6 Å². The molecule has 1 aromatic carbocycles. The molecule has 0 aromatic heterocycles. The van der Waals surface area contributed by atoms with Crippen molar-refractivity contribution in [1.29, 1.82) is 0 Å². The minimum atomic E-state index is -0.440. The van der Waals surface area contributed by atoms with Gasteiger partial charge in [0.1, 0.15) is 5.82 Å². The Hall–Kier alpha value is -0.800. The number of hydrogen-bond donors (Lipinski definition) is 1. The molecule has 0 heterocycles. The first-order valence-corrected chi connectivity index (χ1v) is 10.0. The van der Waals surface area contributed by atoms with Crippen LogP contribution in [0.4, 0.5) is 4.39 Å². The summed E-state index contributed by atoms with van der Waals surface area (Å²) in [4.78, 5) is 12.9. The maximum Gasteiger partial charge on any atom is 0.223 e. The molecule has 25 heavy (non-hydrogen) atoms. The quantitative estimate of drug-likeness (QED) is 0.604. The summed E-state index contributed by atoms with van der Waals surface area (Å²) >= 11 is 12.5. The number of carbonyl (C=O) groups excluding carboxylic acids is 1. The summed E-state index contributed by atoms with van der Waals surface area (Å²) in [6.07, 6.45) is 6.95. The molecular formula is C20H26Cl2FNO. The fourth-order valence-electron chi connectivity index (χ4n) is 4.58. The average Bonchev–Trinajstić information content (AvgIpc) is 3.19. The minimum Gasteiger partial charge on any atom is -0.348 e. The molecule has 3 atom stereocenters. The van der Waals surface area contributed by atoms with E-state index in [1.165, 1.54) is 12.1 Å². The highest BCUT2D eigenvalue weighted by atomic mass is 35.5. The van der Waals surface area contributed by atoms with Crippen molar-refractivity contribution < 1.29 is 9.18 Å². The van der Waals surface area contributed by atoms with E-state index in [0.29, 0.717) is 16.5 Å². The van der Waals surface area contributed by atoms with Crippen LogP contribution in [0.15, 0.2) is 12.1 Å². The first-order valence-electron chi connectivity index (χ1n) is 9.25. The zero-order valence-corrected chi connectivity index (χ0v) is 16.4. The molecule has 1 unspecified atom stereocenters. The summed E-state index contributed by atoms with van der Waals surface area (Å²) in [5, 5.41) is 3.71. The van der Waals surface area contributed by atoms with Crippen LogP contribution in [-0.4, -0.2) is 5.91 Å². The van der Waals surface area contributed by atoms with Gasteiger partial charge in [-0.05, 0) is 55.6 Å². The molecule has 2 nitrogen and oxygen atoms in total. The SMILES string of the molecule is C[C@@H]1CCC(C(=O)N[C@H](c2c(F)ccc(Cl)c2Cl)C2(C)CCCC2)C1. The van der Waals surface area contributed by atoms with Gasteiger partial charge in [0, 0.05) is 11.5 Å². The summed E-state index contributed by atoms with van der Waals surface area (Å²) < 4.78 is 14.7. The highest BCUT2D eigenvalue weighted by Crippen LogP contribution is 2.50. The molecule has 1 aromatic rings. The molecule has 0 spiro atoms. The average molecular weight is 386 g/mol. The lowest BCUT2D eigenvalue weighted by atomic mass is 9.76. The Labute approximate surface area is 159 Å². The Morgan fingerprint density at radius 1 is 1.28 bits per heavy atom. The first-order chi connectivity index (χ1) is 11.8. The van der Waals surface area contributed by atoms with Gasteiger partial charge in [-0.15, -0.1) is 0 Å². The molecule has 2 fully saturated rings. The summed E-state index contributed by atoms with van der Waals surface area (Å²) in [7, 11) is 0.